The molecule has 1 aliphatic heterocycles. The molecule has 0 saturated heterocycles. The number of fused-ring (bicyclic) bond motifs is 1. The van der Waals surface area contributed by atoms with Gasteiger partial charge in [-0.2, -0.15) is 0 Å². The lowest BCUT2D eigenvalue weighted by molar-refractivity contribution is -0.118. The Morgan fingerprint density at radius 3 is 2.93 bits per heavy atom. The van der Waals surface area contributed by atoms with Crippen molar-refractivity contribution in [3.63, 3.8) is 0 Å². The van der Waals surface area contributed by atoms with Crippen molar-refractivity contribution in [2.75, 3.05) is 16.8 Å². The molecule has 0 bridgehead atoms. The van der Waals surface area contributed by atoms with Crippen LogP contribution < -0.4 is 10.2 Å². The van der Waals surface area contributed by atoms with Crippen molar-refractivity contribution in [1.82, 2.24) is 4.98 Å². The predicted molar refractivity (Wildman–Crippen MR) is 110 cm³/mol. The van der Waals surface area contributed by atoms with Crippen molar-refractivity contribution in [3.05, 3.63) is 62.8 Å². The highest BCUT2D eigenvalue weighted by atomic mass is 32.1. The van der Waals surface area contributed by atoms with Crippen LogP contribution in [0.5, 0.6) is 0 Å². The molecule has 1 aliphatic rings. The third-order valence-electron chi connectivity index (χ3n) is 4.48. The van der Waals surface area contributed by atoms with Crippen LogP contribution in [0.2, 0.25) is 0 Å². The van der Waals surface area contributed by atoms with Gasteiger partial charge in [-0.15, -0.1) is 22.7 Å². The fraction of sp³-hybridized carbons (Fsp3) is 0.250. The Hall–Kier alpha value is -2.51. The maximum atomic E-state index is 12.7. The number of thiazole rings is 1. The second kappa shape index (κ2) is 7.62. The van der Waals surface area contributed by atoms with Gasteiger partial charge < -0.3 is 10.2 Å². The molecule has 0 fully saturated rings. The van der Waals surface area contributed by atoms with Crippen molar-refractivity contribution < 1.29 is 9.59 Å². The average molecular weight is 398 g/mol. The van der Waals surface area contributed by atoms with Crippen LogP contribution >= 0.6 is 22.7 Å². The van der Waals surface area contributed by atoms with Gasteiger partial charge >= 0.3 is 0 Å². The van der Waals surface area contributed by atoms with E-state index in [0.717, 1.165) is 22.5 Å². The number of carbonyl (C=O) groups is 2. The van der Waals surface area contributed by atoms with Gasteiger partial charge in [0.1, 0.15) is 0 Å². The normalized spacial score (nSPS) is 12.9. The number of aromatic nitrogens is 1. The zero-order chi connectivity index (χ0) is 18.8. The predicted octanol–water partition coefficient (Wildman–Crippen LogP) is 3.83. The van der Waals surface area contributed by atoms with Gasteiger partial charge in [-0.1, -0.05) is 18.2 Å². The van der Waals surface area contributed by atoms with Crippen molar-refractivity contribution in [2.24, 2.45) is 0 Å². The summed E-state index contributed by atoms with van der Waals surface area (Å²) in [4.78, 5) is 32.1. The second-order valence-electron chi connectivity index (χ2n) is 6.55. The summed E-state index contributed by atoms with van der Waals surface area (Å²) in [5, 5.41) is 7.15. The van der Waals surface area contributed by atoms with Gasteiger partial charge in [0.05, 0.1) is 18.5 Å². The molecule has 27 heavy (non-hydrogen) atoms. The molecule has 1 aromatic carbocycles. The number of aryl methyl sites for hydroxylation is 1. The van der Waals surface area contributed by atoms with Crippen LogP contribution in [0.1, 0.15) is 21.7 Å². The molecule has 0 unspecified atom stereocenters. The number of rotatable bonds is 5. The van der Waals surface area contributed by atoms with E-state index in [9.17, 15) is 9.59 Å². The fourth-order valence-electron chi connectivity index (χ4n) is 3.18. The summed E-state index contributed by atoms with van der Waals surface area (Å²) in [7, 11) is 0. The molecule has 138 valence electrons. The first-order valence-corrected chi connectivity index (χ1v) is 10.5. The number of thiophene rings is 1. The van der Waals surface area contributed by atoms with E-state index in [1.165, 1.54) is 16.9 Å². The highest BCUT2D eigenvalue weighted by Crippen LogP contribution is 2.29. The van der Waals surface area contributed by atoms with E-state index in [4.69, 9.17) is 0 Å². The largest absolute Gasteiger partial charge is 0.311 e. The van der Waals surface area contributed by atoms with E-state index in [-0.39, 0.29) is 18.2 Å². The van der Waals surface area contributed by atoms with E-state index >= 15 is 0 Å². The summed E-state index contributed by atoms with van der Waals surface area (Å²) in [5.74, 6) is -0.0465. The lowest BCUT2D eigenvalue weighted by Gasteiger charge is -2.17. The molecule has 1 N–H and O–H groups in total. The van der Waals surface area contributed by atoms with Gasteiger partial charge in [-0.3, -0.25) is 9.59 Å². The minimum absolute atomic E-state index is 0.0427. The number of amides is 2. The van der Waals surface area contributed by atoms with E-state index in [1.807, 2.05) is 34.7 Å². The van der Waals surface area contributed by atoms with E-state index in [1.54, 1.807) is 11.3 Å². The molecular formula is C20H19N3O2S2. The molecule has 5 nitrogen and oxygen atoms in total. The third kappa shape index (κ3) is 4.09. The van der Waals surface area contributed by atoms with Gasteiger partial charge in [-0.05, 0) is 42.0 Å². The molecular weight excluding hydrogens is 378 g/mol. The molecule has 0 aliphatic carbocycles. The molecule has 7 heteroatoms. The first-order chi connectivity index (χ1) is 13.1. The van der Waals surface area contributed by atoms with Crippen LogP contribution in [0.3, 0.4) is 0 Å². The number of hydrogen-bond acceptors (Lipinski definition) is 5. The zero-order valence-electron chi connectivity index (χ0n) is 14.9. The van der Waals surface area contributed by atoms with Gasteiger partial charge in [0.15, 0.2) is 5.13 Å². The summed E-state index contributed by atoms with van der Waals surface area (Å²) < 4.78 is 0. The third-order valence-corrected chi connectivity index (χ3v) is 6.17. The summed E-state index contributed by atoms with van der Waals surface area (Å²) in [6.07, 6.45) is 1.47. The Kier molecular flexibility index (Phi) is 5.05. The Bertz CT molecular complexity index is 979. The minimum atomic E-state index is -0.0892. The maximum absolute atomic E-state index is 12.7. The minimum Gasteiger partial charge on any atom is -0.311 e. The van der Waals surface area contributed by atoms with Gasteiger partial charge in [0, 0.05) is 22.5 Å². The highest BCUT2D eigenvalue weighted by molar-refractivity contribution is 7.14. The Balaban J connectivity index is 1.38. The summed E-state index contributed by atoms with van der Waals surface area (Å²) in [6.45, 7) is 2.75. The first-order valence-electron chi connectivity index (χ1n) is 8.75. The first kappa shape index (κ1) is 17.9. The van der Waals surface area contributed by atoms with Crippen LogP contribution in [-0.4, -0.2) is 23.3 Å². The number of nitrogens with zero attached hydrogens (tertiary/aromatic N) is 2. The SMILES string of the molecule is Cc1ccc2c(c1)N(C(=O)Cc1csc(NC(=O)Cc3cccs3)n1)CC2. The van der Waals surface area contributed by atoms with Crippen molar-refractivity contribution in [3.8, 4) is 0 Å². The summed E-state index contributed by atoms with van der Waals surface area (Å²) in [5.41, 5.74) is 4.07. The Morgan fingerprint density at radius 2 is 2.11 bits per heavy atom. The fourth-order valence-corrected chi connectivity index (χ4v) is 4.61. The molecule has 0 radical (unpaired) electrons. The molecule has 4 rings (SSSR count). The number of nitrogens with one attached hydrogen (secondary N) is 1. The lowest BCUT2D eigenvalue weighted by atomic mass is 10.1. The topological polar surface area (TPSA) is 62.3 Å². The lowest BCUT2D eigenvalue weighted by Crippen LogP contribution is -2.30. The van der Waals surface area contributed by atoms with Gasteiger partial charge in [-0.25, -0.2) is 4.98 Å². The number of benzene rings is 1. The van der Waals surface area contributed by atoms with Crippen molar-refractivity contribution in [1.29, 1.82) is 0 Å². The Labute approximate surface area is 165 Å². The van der Waals surface area contributed by atoms with Crippen LogP contribution in [0.4, 0.5) is 10.8 Å². The molecule has 0 spiro atoms. The Morgan fingerprint density at radius 1 is 1.22 bits per heavy atom. The van der Waals surface area contributed by atoms with E-state index in [2.05, 4.69) is 28.5 Å². The van der Waals surface area contributed by atoms with Crippen LogP contribution in [0.15, 0.2) is 41.1 Å². The summed E-state index contributed by atoms with van der Waals surface area (Å²) >= 11 is 2.91. The van der Waals surface area contributed by atoms with Crippen LogP contribution in [-0.2, 0) is 28.9 Å². The monoisotopic (exact) mass is 397 g/mol. The quantitative estimate of drug-likeness (QED) is 0.712. The molecule has 3 heterocycles. The smallest absolute Gasteiger partial charge is 0.233 e. The van der Waals surface area contributed by atoms with Gasteiger partial charge in [0.2, 0.25) is 11.8 Å². The summed E-state index contributed by atoms with van der Waals surface area (Å²) in [6, 6.07) is 10.1. The molecule has 2 amide bonds. The zero-order valence-corrected chi connectivity index (χ0v) is 16.5. The second-order valence-corrected chi connectivity index (χ2v) is 8.44. The molecule has 3 aromatic rings. The number of hydrogen-bond donors (Lipinski definition) is 1. The van der Waals surface area contributed by atoms with Crippen LogP contribution in [0.25, 0.3) is 0 Å². The van der Waals surface area contributed by atoms with E-state index < -0.39 is 0 Å². The number of anilines is 2. The standard InChI is InChI=1S/C20H19N3O2S2/c1-13-4-5-14-6-7-23(17(14)9-13)19(25)10-15-12-27-20(21-15)22-18(24)11-16-3-2-8-26-16/h2-5,8-9,12H,6-7,10-11H2,1H3,(H,21,22,24). The molecule has 0 saturated carbocycles. The number of carbonyl (C=O) groups excluding carboxylic acids is 2. The van der Waals surface area contributed by atoms with Crippen LogP contribution in [0, 0.1) is 6.92 Å². The maximum Gasteiger partial charge on any atom is 0.233 e. The molecule has 0 atom stereocenters. The molecule has 2 aromatic heterocycles. The van der Waals surface area contributed by atoms with Crippen molar-refractivity contribution >= 4 is 45.3 Å². The average Bonchev–Trinajstić information content (AvgIpc) is 3.36. The highest BCUT2D eigenvalue weighted by Gasteiger charge is 2.25. The van der Waals surface area contributed by atoms with E-state index in [0.29, 0.717) is 23.8 Å². The van der Waals surface area contributed by atoms with Crippen molar-refractivity contribution in [2.45, 2.75) is 26.2 Å². The van der Waals surface area contributed by atoms with Gasteiger partial charge in [0.25, 0.3) is 0 Å².